The second kappa shape index (κ2) is 6.34. The van der Waals surface area contributed by atoms with Crippen LogP contribution in [0.4, 0.5) is 0 Å². The average molecular weight is 275 g/mol. The van der Waals surface area contributed by atoms with Gasteiger partial charge in [0.15, 0.2) is 0 Å². The maximum absolute atomic E-state index is 12.0. The molecule has 3 nitrogen and oxygen atoms in total. The van der Waals surface area contributed by atoms with Crippen LogP contribution in [0.1, 0.15) is 24.2 Å². The second-order valence-electron chi connectivity index (χ2n) is 4.31. The lowest BCUT2D eigenvalue weighted by Crippen LogP contribution is -2.28. The Kier molecular flexibility index (Phi) is 4.53. The van der Waals surface area contributed by atoms with E-state index in [9.17, 15) is 4.79 Å². The Morgan fingerprint density at radius 2 is 2.00 bits per heavy atom. The van der Waals surface area contributed by atoms with Gasteiger partial charge in [0.2, 0.25) is 5.91 Å². The summed E-state index contributed by atoms with van der Waals surface area (Å²) in [6, 6.07) is 12.9. The first-order chi connectivity index (χ1) is 9.16. The number of nitrogens with zero attached hydrogens (tertiary/aromatic N) is 1. The van der Waals surface area contributed by atoms with Gasteiger partial charge in [0.25, 0.3) is 0 Å². The van der Waals surface area contributed by atoms with E-state index in [-0.39, 0.29) is 18.4 Å². The number of aromatic nitrogens is 1. The number of nitrogens with one attached hydrogen (secondary N) is 1. The molecule has 4 heteroatoms. The molecule has 2 rings (SSSR count). The third-order valence-corrected chi connectivity index (χ3v) is 3.19. The van der Waals surface area contributed by atoms with Crippen molar-refractivity contribution in [3.8, 4) is 0 Å². The average Bonchev–Trinajstić information content (AvgIpc) is 2.42. The van der Waals surface area contributed by atoms with Crippen molar-refractivity contribution in [1.29, 1.82) is 0 Å². The topological polar surface area (TPSA) is 42.0 Å². The van der Waals surface area contributed by atoms with Crippen molar-refractivity contribution >= 4 is 17.5 Å². The summed E-state index contributed by atoms with van der Waals surface area (Å²) in [7, 11) is 0. The predicted octanol–water partition coefficient (Wildman–Crippen LogP) is 3.15. The smallest absolute Gasteiger partial charge is 0.224 e. The van der Waals surface area contributed by atoms with E-state index in [0.717, 1.165) is 11.3 Å². The molecule has 1 aromatic carbocycles. The van der Waals surface area contributed by atoms with E-state index in [0.29, 0.717) is 5.02 Å². The van der Waals surface area contributed by atoms with Crippen LogP contribution >= 0.6 is 11.6 Å². The molecule has 1 heterocycles. The summed E-state index contributed by atoms with van der Waals surface area (Å²) in [5.41, 5.74) is 1.67. The molecule has 1 aromatic heterocycles. The van der Waals surface area contributed by atoms with Crippen LogP contribution in [0, 0.1) is 0 Å². The van der Waals surface area contributed by atoms with Crippen molar-refractivity contribution in [3.63, 3.8) is 0 Å². The van der Waals surface area contributed by atoms with Gasteiger partial charge >= 0.3 is 0 Å². The van der Waals surface area contributed by atoms with Crippen LogP contribution in [-0.4, -0.2) is 10.9 Å². The minimum absolute atomic E-state index is 0.0637. The largest absolute Gasteiger partial charge is 0.348 e. The number of amides is 1. The highest BCUT2D eigenvalue weighted by Gasteiger charge is 2.11. The molecule has 19 heavy (non-hydrogen) atoms. The molecule has 0 fully saturated rings. The normalized spacial score (nSPS) is 11.9. The molecular weight excluding hydrogens is 260 g/mol. The van der Waals surface area contributed by atoms with Crippen LogP contribution in [0.2, 0.25) is 5.02 Å². The van der Waals surface area contributed by atoms with Crippen molar-refractivity contribution in [2.24, 2.45) is 0 Å². The van der Waals surface area contributed by atoms with Crippen LogP contribution in [0.25, 0.3) is 0 Å². The van der Waals surface area contributed by atoms with Crippen LogP contribution in [0.3, 0.4) is 0 Å². The molecule has 0 saturated heterocycles. The third kappa shape index (κ3) is 3.80. The molecule has 98 valence electrons. The monoisotopic (exact) mass is 274 g/mol. The molecule has 0 aliphatic rings. The van der Waals surface area contributed by atoms with Gasteiger partial charge in [0.1, 0.15) is 0 Å². The fourth-order valence-corrected chi connectivity index (χ4v) is 2.02. The standard InChI is InChI=1S/C15H15ClN2O/c1-11(14-8-4-5-9-17-14)18-15(19)10-12-6-2-3-7-13(12)16/h2-9,11H,10H2,1H3,(H,18,19). The zero-order chi connectivity index (χ0) is 13.7. The molecule has 1 N–H and O–H groups in total. The molecule has 0 spiro atoms. The van der Waals surface area contributed by atoms with Gasteiger partial charge in [-0.15, -0.1) is 0 Å². The lowest BCUT2D eigenvalue weighted by Gasteiger charge is -2.13. The fraction of sp³-hybridized carbons (Fsp3) is 0.200. The zero-order valence-electron chi connectivity index (χ0n) is 10.6. The lowest BCUT2D eigenvalue weighted by molar-refractivity contribution is -0.121. The highest BCUT2D eigenvalue weighted by Crippen LogP contribution is 2.16. The summed E-state index contributed by atoms with van der Waals surface area (Å²) >= 11 is 6.03. The van der Waals surface area contributed by atoms with Gasteiger partial charge in [0.05, 0.1) is 18.2 Å². The SMILES string of the molecule is CC(NC(=O)Cc1ccccc1Cl)c1ccccn1. The van der Waals surface area contributed by atoms with Crippen LogP contribution in [0.5, 0.6) is 0 Å². The fourth-order valence-electron chi connectivity index (χ4n) is 1.81. The van der Waals surface area contributed by atoms with Gasteiger partial charge in [-0.2, -0.15) is 0 Å². The van der Waals surface area contributed by atoms with Gasteiger partial charge in [-0.25, -0.2) is 0 Å². The molecule has 0 bridgehead atoms. The molecular formula is C15H15ClN2O. The van der Waals surface area contributed by atoms with Crippen molar-refractivity contribution in [1.82, 2.24) is 10.3 Å². The van der Waals surface area contributed by atoms with Gasteiger partial charge in [-0.3, -0.25) is 9.78 Å². The van der Waals surface area contributed by atoms with E-state index in [4.69, 9.17) is 11.6 Å². The number of carbonyl (C=O) groups excluding carboxylic acids is 1. The molecule has 0 radical (unpaired) electrons. The van der Waals surface area contributed by atoms with E-state index < -0.39 is 0 Å². The minimum atomic E-state index is -0.115. The van der Waals surface area contributed by atoms with Gasteiger partial charge in [-0.05, 0) is 30.7 Å². The first kappa shape index (κ1) is 13.6. The number of benzene rings is 1. The number of carbonyl (C=O) groups is 1. The van der Waals surface area contributed by atoms with Gasteiger partial charge in [-0.1, -0.05) is 35.9 Å². The number of pyridine rings is 1. The molecule has 1 atom stereocenters. The van der Waals surface area contributed by atoms with Crippen molar-refractivity contribution < 1.29 is 4.79 Å². The van der Waals surface area contributed by atoms with Gasteiger partial charge in [0, 0.05) is 11.2 Å². The first-order valence-corrected chi connectivity index (χ1v) is 6.48. The Morgan fingerprint density at radius 1 is 1.26 bits per heavy atom. The van der Waals surface area contributed by atoms with E-state index >= 15 is 0 Å². The Labute approximate surface area is 117 Å². The van der Waals surface area contributed by atoms with E-state index in [2.05, 4.69) is 10.3 Å². The quantitative estimate of drug-likeness (QED) is 0.931. The molecule has 0 aliphatic heterocycles. The molecule has 1 amide bonds. The molecule has 0 saturated carbocycles. The van der Waals surface area contributed by atoms with E-state index in [1.807, 2.05) is 43.3 Å². The van der Waals surface area contributed by atoms with Crippen molar-refractivity contribution in [2.45, 2.75) is 19.4 Å². The number of hydrogen-bond donors (Lipinski definition) is 1. The van der Waals surface area contributed by atoms with E-state index in [1.165, 1.54) is 0 Å². The third-order valence-electron chi connectivity index (χ3n) is 2.82. The summed E-state index contributed by atoms with van der Waals surface area (Å²) in [6.07, 6.45) is 1.99. The molecule has 0 aliphatic carbocycles. The summed E-state index contributed by atoms with van der Waals surface area (Å²) in [5.74, 6) is -0.0637. The summed E-state index contributed by atoms with van der Waals surface area (Å²) < 4.78 is 0. The second-order valence-corrected chi connectivity index (χ2v) is 4.72. The number of halogens is 1. The predicted molar refractivity (Wildman–Crippen MR) is 76.0 cm³/mol. The Bertz CT molecular complexity index is 557. The Morgan fingerprint density at radius 3 is 2.68 bits per heavy atom. The van der Waals surface area contributed by atoms with Crippen molar-refractivity contribution in [2.75, 3.05) is 0 Å². The first-order valence-electron chi connectivity index (χ1n) is 6.10. The van der Waals surface area contributed by atoms with E-state index in [1.54, 1.807) is 12.3 Å². The maximum atomic E-state index is 12.0. The molecule has 2 aromatic rings. The Balaban J connectivity index is 1.97. The zero-order valence-corrected chi connectivity index (χ0v) is 11.4. The highest BCUT2D eigenvalue weighted by molar-refractivity contribution is 6.31. The minimum Gasteiger partial charge on any atom is -0.348 e. The Hall–Kier alpha value is -1.87. The van der Waals surface area contributed by atoms with Gasteiger partial charge < -0.3 is 5.32 Å². The summed E-state index contributed by atoms with van der Waals surface area (Å²) in [4.78, 5) is 16.2. The van der Waals surface area contributed by atoms with Crippen LogP contribution in [0.15, 0.2) is 48.7 Å². The summed E-state index contributed by atoms with van der Waals surface area (Å²) in [6.45, 7) is 1.91. The van der Waals surface area contributed by atoms with Crippen LogP contribution < -0.4 is 5.32 Å². The van der Waals surface area contributed by atoms with Crippen LogP contribution in [-0.2, 0) is 11.2 Å². The molecule has 1 unspecified atom stereocenters. The van der Waals surface area contributed by atoms with Crippen molar-refractivity contribution in [3.05, 3.63) is 64.9 Å². The summed E-state index contributed by atoms with van der Waals surface area (Å²) in [5, 5.41) is 3.53. The lowest BCUT2D eigenvalue weighted by atomic mass is 10.1. The maximum Gasteiger partial charge on any atom is 0.224 e. The number of rotatable bonds is 4. The number of hydrogen-bond acceptors (Lipinski definition) is 2. The highest BCUT2D eigenvalue weighted by atomic mass is 35.5.